The quantitative estimate of drug-likeness (QED) is 0.851. The molecule has 1 saturated carbocycles. The summed E-state index contributed by atoms with van der Waals surface area (Å²) in [5.41, 5.74) is 0.458. The number of morpholine rings is 1. The first-order valence-electron chi connectivity index (χ1n) is 8.24. The van der Waals surface area contributed by atoms with Gasteiger partial charge in [-0.05, 0) is 43.9 Å². The molecular weight excluding hydrogens is 324 g/mol. The SMILES string of the molecule is C[C@@]1(C2CC2)COCCN1C(=O)c1cccc(Oc2nccs2)c1. The highest BCUT2D eigenvalue weighted by Gasteiger charge is 2.49. The largest absolute Gasteiger partial charge is 0.431 e. The molecule has 1 amide bonds. The third-order valence-electron chi connectivity index (χ3n) is 4.87. The summed E-state index contributed by atoms with van der Waals surface area (Å²) in [4.78, 5) is 19.2. The number of benzene rings is 1. The average Bonchev–Trinajstić information content (AvgIpc) is 3.35. The molecule has 4 rings (SSSR count). The van der Waals surface area contributed by atoms with Gasteiger partial charge in [0.25, 0.3) is 11.1 Å². The molecule has 24 heavy (non-hydrogen) atoms. The van der Waals surface area contributed by atoms with Crippen molar-refractivity contribution in [3.05, 3.63) is 41.4 Å². The third-order valence-corrected chi connectivity index (χ3v) is 5.52. The summed E-state index contributed by atoms with van der Waals surface area (Å²) in [6.07, 6.45) is 4.05. The second-order valence-electron chi connectivity index (χ2n) is 6.57. The maximum Gasteiger partial charge on any atom is 0.278 e. The molecule has 0 unspecified atom stereocenters. The zero-order valence-corrected chi connectivity index (χ0v) is 14.4. The number of hydrogen-bond acceptors (Lipinski definition) is 5. The van der Waals surface area contributed by atoms with Crippen LogP contribution in [0.15, 0.2) is 35.8 Å². The molecule has 1 aliphatic carbocycles. The highest BCUT2D eigenvalue weighted by molar-refractivity contribution is 7.11. The molecule has 1 aromatic carbocycles. The molecule has 5 nitrogen and oxygen atoms in total. The molecule has 6 heteroatoms. The van der Waals surface area contributed by atoms with Crippen molar-refractivity contribution in [3.8, 4) is 10.9 Å². The van der Waals surface area contributed by atoms with Crippen LogP contribution in [0, 0.1) is 5.92 Å². The first kappa shape index (κ1) is 15.6. The number of ether oxygens (including phenoxy) is 2. The number of carbonyl (C=O) groups is 1. The zero-order chi connectivity index (χ0) is 16.6. The van der Waals surface area contributed by atoms with Gasteiger partial charge in [0.15, 0.2) is 0 Å². The van der Waals surface area contributed by atoms with Crippen LogP contribution in [0.1, 0.15) is 30.1 Å². The van der Waals surface area contributed by atoms with Crippen LogP contribution in [0.3, 0.4) is 0 Å². The highest BCUT2D eigenvalue weighted by Crippen LogP contribution is 2.44. The van der Waals surface area contributed by atoms with E-state index in [9.17, 15) is 4.79 Å². The maximum absolute atomic E-state index is 13.1. The van der Waals surface area contributed by atoms with E-state index < -0.39 is 0 Å². The van der Waals surface area contributed by atoms with E-state index in [-0.39, 0.29) is 11.4 Å². The van der Waals surface area contributed by atoms with E-state index in [1.54, 1.807) is 12.3 Å². The lowest BCUT2D eigenvalue weighted by atomic mass is 9.92. The highest BCUT2D eigenvalue weighted by atomic mass is 32.1. The molecule has 1 saturated heterocycles. The van der Waals surface area contributed by atoms with Gasteiger partial charge in [-0.15, -0.1) is 0 Å². The summed E-state index contributed by atoms with van der Waals surface area (Å²) >= 11 is 1.43. The van der Waals surface area contributed by atoms with Crippen molar-refractivity contribution in [1.82, 2.24) is 9.88 Å². The van der Waals surface area contributed by atoms with Gasteiger partial charge in [-0.2, -0.15) is 0 Å². The molecular formula is C18H20N2O3S. The fraction of sp³-hybridized carbons (Fsp3) is 0.444. The monoisotopic (exact) mass is 344 g/mol. The number of nitrogens with zero attached hydrogens (tertiary/aromatic N) is 2. The summed E-state index contributed by atoms with van der Waals surface area (Å²) in [7, 11) is 0. The van der Waals surface area contributed by atoms with Gasteiger partial charge in [0.05, 0.1) is 18.8 Å². The van der Waals surface area contributed by atoms with Crippen LogP contribution < -0.4 is 4.74 Å². The Labute approximate surface area is 145 Å². The molecule has 126 valence electrons. The lowest BCUT2D eigenvalue weighted by molar-refractivity contribution is -0.0547. The van der Waals surface area contributed by atoms with Crippen molar-refractivity contribution in [1.29, 1.82) is 0 Å². The van der Waals surface area contributed by atoms with Crippen molar-refractivity contribution in [2.75, 3.05) is 19.8 Å². The fourth-order valence-electron chi connectivity index (χ4n) is 3.35. The van der Waals surface area contributed by atoms with E-state index in [0.717, 1.165) is 0 Å². The maximum atomic E-state index is 13.1. The molecule has 1 atom stereocenters. The number of amides is 1. The fourth-order valence-corrected chi connectivity index (χ4v) is 3.86. The van der Waals surface area contributed by atoms with Crippen molar-refractivity contribution in [2.45, 2.75) is 25.3 Å². The summed E-state index contributed by atoms with van der Waals surface area (Å²) in [6.45, 7) is 4.02. The van der Waals surface area contributed by atoms with Gasteiger partial charge >= 0.3 is 0 Å². The van der Waals surface area contributed by atoms with E-state index in [0.29, 0.717) is 42.2 Å². The van der Waals surface area contributed by atoms with Crippen molar-refractivity contribution in [3.63, 3.8) is 0 Å². The predicted octanol–water partition coefficient (Wildman–Crippen LogP) is 3.58. The molecule has 2 heterocycles. The van der Waals surface area contributed by atoms with E-state index in [2.05, 4.69) is 11.9 Å². The molecule has 1 aromatic heterocycles. The second-order valence-corrected chi connectivity index (χ2v) is 7.43. The van der Waals surface area contributed by atoms with Gasteiger partial charge in [0.1, 0.15) is 5.75 Å². The van der Waals surface area contributed by atoms with E-state index in [1.165, 1.54) is 24.2 Å². The Morgan fingerprint density at radius 2 is 2.33 bits per heavy atom. The number of carbonyl (C=O) groups excluding carboxylic acids is 1. The van der Waals surface area contributed by atoms with Crippen LogP contribution in [0.2, 0.25) is 0 Å². The van der Waals surface area contributed by atoms with Gasteiger partial charge in [0, 0.05) is 23.7 Å². The van der Waals surface area contributed by atoms with E-state index in [1.807, 2.05) is 28.5 Å². The van der Waals surface area contributed by atoms with Crippen LogP contribution in [0.5, 0.6) is 10.9 Å². The zero-order valence-electron chi connectivity index (χ0n) is 13.6. The first-order valence-corrected chi connectivity index (χ1v) is 9.12. The van der Waals surface area contributed by atoms with E-state index in [4.69, 9.17) is 9.47 Å². The minimum atomic E-state index is -0.193. The molecule has 0 spiro atoms. The molecule has 2 fully saturated rings. The number of aromatic nitrogens is 1. The van der Waals surface area contributed by atoms with E-state index >= 15 is 0 Å². The molecule has 0 N–H and O–H groups in total. The van der Waals surface area contributed by atoms with Gasteiger partial charge in [-0.25, -0.2) is 4.98 Å². The predicted molar refractivity (Wildman–Crippen MR) is 91.6 cm³/mol. The molecule has 2 aromatic rings. The normalized spacial score (nSPS) is 24.0. The van der Waals surface area contributed by atoms with Crippen molar-refractivity contribution < 1.29 is 14.3 Å². The Morgan fingerprint density at radius 3 is 3.08 bits per heavy atom. The molecule has 1 aliphatic heterocycles. The van der Waals surface area contributed by atoms with Gasteiger partial charge in [-0.1, -0.05) is 17.4 Å². The Hall–Kier alpha value is -1.92. The Bertz CT molecular complexity index is 730. The molecule has 0 bridgehead atoms. The summed E-state index contributed by atoms with van der Waals surface area (Å²) < 4.78 is 11.4. The Morgan fingerprint density at radius 1 is 1.46 bits per heavy atom. The Balaban J connectivity index is 1.57. The molecule has 2 aliphatic rings. The number of thiazole rings is 1. The third kappa shape index (κ3) is 2.91. The second kappa shape index (κ2) is 6.18. The van der Waals surface area contributed by atoms with Crippen LogP contribution in [0.25, 0.3) is 0 Å². The van der Waals surface area contributed by atoms with Crippen LogP contribution >= 0.6 is 11.3 Å². The smallest absolute Gasteiger partial charge is 0.278 e. The minimum absolute atomic E-state index is 0.0530. The topological polar surface area (TPSA) is 51.7 Å². The Kier molecular flexibility index (Phi) is 4.02. The van der Waals surface area contributed by atoms with Crippen LogP contribution in [-0.2, 0) is 4.74 Å². The molecule has 0 radical (unpaired) electrons. The van der Waals surface area contributed by atoms with Crippen LogP contribution in [-0.4, -0.2) is 41.1 Å². The summed E-state index contributed by atoms with van der Waals surface area (Å²) in [5.74, 6) is 1.24. The van der Waals surface area contributed by atoms with Crippen molar-refractivity contribution in [2.24, 2.45) is 5.92 Å². The standard InChI is InChI=1S/C18H20N2O3S/c1-18(14-5-6-14)12-22-9-8-20(18)16(21)13-3-2-4-15(11-13)23-17-19-7-10-24-17/h2-4,7,10-11,14H,5-6,8-9,12H2,1H3/t18-/m0/s1. The lowest BCUT2D eigenvalue weighted by Gasteiger charge is -2.45. The number of rotatable bonds is 4. The van der Waals surface area contributed by atoms with Gasteiger partial charge in [0.2, 0.25) is 0 Å². The summed E-state index contributed by atoms with van der Waals surface area (Å²) in [6, 6.07) is 7.34. The van der Waals surface area contributed by atoms with Crippen molar-refractivity contribution >= 4 is 17.2 Å². The lowest BCUT2D eigenvalue weighted by Crippen LogP contribution is -2.58. The summed E-state index contributed by atoms with van der Waals surface area (Å²) in [5, 5.41) is 2.44. The van der Waals surface area contributed by atoms with Gasteiger partial charge < -0.3 is 14.4 Å². The van der Waals surface area contributed by atoms with Gasteiger partial charge in [-0.3, -0.25) is 4.79 Å². The minimum Gasteiger partial charge on any atom is -0.431 e. The average molecular weight is 344 g/mol. The first-order chi connectivity index (χ1) is 11.7. The number of hydrogen-bond donors (Lipinski definition) is 0. The van der Waals surface area contributed by atoms with Crippen LogP contribution in [0.4, 0.5) is 0 Å².